The molecule has 2 aromatic rings. The molecule has 2 rings (SSSR count). The van der Waals surface area contributed by atoms with Crippen LogP contribution in [0.4, 0.5) is 5.69 Å². The van der Waals surface area contributed by atoms with E-state index in [4.69, 9.17) is 0 Å². The molecule has 2 nitrogen and oxygen atoms in total. The monoisotopic (exact) mass is 415 g/mol. The Hall–Kier alpha value is -0.880. The van der Waals surface area contributed by atoms with E-state index in [0.717, 1.165) is 19.3 Å². The molecule has 0 heterocycles. The van der Waals surface area contributed by atoms with Gasteiger partial charge in [0.1, 0.15) is 0 Å². The minimum Gasteiger partial charge on any atom is -0.322 e. The highest BCUT2D eigenvalue weighted by Gasteiger charge is 2.07. The summed E-state index contributed by atoms with van der Waals surface area (Å²) in [5, 5.41) is 2.92. The van der Waals surface area contributed by atoms with Crippen LogP contribution < -0.4 is 5.32 Å². The molecule has 2 aromatic carbocycles. The topological polar surface area (TPSA) is 29.1 Å². The maximum absolute atomic E-state index is 12.1. The van der Waals surface area contributed by atoms with Gasteiger partial charge >= 0.3 is 0 Å². The first kappa shape index (κ1) is 13.5. The molecule has 0 fully saturated rings. The van der Waals surface area contributed by atoms with Gasteiger partial charge in [-0.05, 0) is 71.5 Å². The van der Waals surface area contributed by atoms with E-state index in [0.29, 0.717) is 5.56 Å². The Morgan fingerprint density at radius 2 is 1.83 bits per heavy atom. The number of aryl methyl sites for hydroxylation is 1. The van der Waals surface area contributed by atoms with Crippen LogP contribution >= 0.6 is 38.5 Å². The summed E-state index contributed by atoms with van der Waals surface area (Å²) in [5.41, 5.74) is 2.53. The third-order valence-electron chi connectivity index (χ3n) is 2.55. The van der Waals surface area contributed by atoms with Crippen molar-refractivity contribution in [1.82, 2.24) is 0 Å². The van der Waals surface area contributed by atoms with Crippen molar-refractivity contribution in [3.63, 3.8) is 0 Å². The summed E-state index contributed by atoms with van der Waals surface area (Å²) in [6.45, 7) is 1.97. The van der Waals surface area contributed by atoms with Crippen molar-refractivity contribution in [2.45, 2.75) is 6.92 Å². The second kappa shape index (κ2) is 5.84. The highest BCUT2D eigenvalue weighted by Crippen LogP contribution is 2.21. The maximum atomic E-state index is 12.1. The number of carbonyl (C=O) groups excluding carboxylic acids is 1. The van der Waals surface area contributed by atoms with E-state index in [1.165, 1.54) is 0 Å². The molecule has 0 atom stereocenters. The number of rotatable bonds is 2. The average Bonchev–Trinajstić information content (AvgIpc) is 2.34. The number of hydrogen-bond acceptors (Lipinski definition) is 1. The number of hydrogen-bond donors (Lipinski definition) is 1. The fraction of sp³-hybridized carbons (Fsp3) is 0.0714. The van der Waals surface area contributed by atoms with Crippen LogP contribution in [0.5, 0.6) is 0 Å². The summed E-state index contributed by atoms with van der Waals surface area (Å²) in [6.07, 6.45) is 0. The van der Waals surface area contributed by atoms with Crippen LogP contribution in [0.1, 0.15) is 15.9 Å². The summed E-state index contributed by atoms with van der Waals surface area (Å²) in [7, 11) is 0. The SMILES string of the molecule is Cc1ccc(Br)cc1NC(=O)c1ccc(I)cc1. The van der Waals surface area contributed by atoms with Crippen LogP contribution in [0.2, 0.25) is 0 Å². The summed E-state index contributed by atoms with van der Waals surface area (Å²) in [4.78, 5) is 12.1. The van der Waals surface area contributed by atoms with E-state index < -0.39 is 0 Å². The fourth-order valence-corrected chi connectivity index (χ4v) is 2.25. The minimum absolute atomic E-state index is 0.0902. The van der Waals surface area contributed by atoms with Crippen molar-refractivity contribution in [3.05, 3.63) is 61.6 Å². The molecule has 1 amide bonds. The standard InChI is InChI=1S/C14H11BrINO/c1-9-2-5-11(15)8-13(9)17-14(18)10-3-6-12(16)7-4-10/h2-8H,1H3,(H,17,18). The predicted octanol–water partition coefficient (Wildman–Crippen LogP) is 4.61. The van der Waals surface area contributed by atoms with Crippen LogP contribution in [0, 0.1) is 10.5 Å². The van der Waals surface area contributed by atoms with Gasteiger partial charge in [0.05, 0.1) is 0 Å². The predicted molar refractivity (Wildman–Crippen MR) is 86.0 cm³/mol. The van der Waals surface area contributed by atoms with Gasteiger partial charge in [0.15, 0.2) is 0 Å². The van der Waals surface area contributed by atoms with Crippen LogP contribution in [-0.4, -0.2) is 5.91 Å². The van der Waals surface area contributed by atoms with Gasteiger partial charge in [-0.2, -0.15) is 0 Å². The van der Waals surface area contributed by atoms with E-state index in [-0.39, 0.29) is 5.91 Å². The molecule has 0 aliphatic carbocycles. The second-order valence-corrected chi connectivity index (χ2v) is 6.08. The van der Waals surface area contributed by atoms with Crippen molar-refractivity contribution in [2.24, 2.45) is 0 Å². The van der Waals surface area contributed by atoms with Gasteiger partial charge in [-0.25, -0.2) is 0 Å². The second-order valence-electron chi connectivity index (χ2n) is 3.92. The Labute approximate surface area is 128 Å². The van der Waals surface area contributed by atoms with Gasteiger partial charge in [-0.1, -0.05) is 22.0 Å². The molecule has 92 valence electrons. The van der Waals surface area contributed by atoms with Crippen molar-refractivity contribution in [1.29, 1.82) is 0 Å². The van der Waals surface area contributed by atoms with Crippen LogP contribution in [0.3, 0.4) is 0 Å². The smallest absolute Gasteiger partial charge is 0.255 e. The normalized spacial score (nSPS) is 10.2. The molecular weight excluding hydrogens is 405 g/mol. The van der Waals surface area contributed by atoms with E-state index in [2.05, 4.69) is 43.8 Å². The number of halogens is 2. The molecule has 0 radical (unpaired) electrons. The zero-order chi connectivity index (χ0) is 13.1. The van der Waals surface area contributed by atoms with Gasteiger partial charge in [0.25, 0.3) is 5.91 Å². The lowest BCUT2D eigenvalue weighted by Gasteiger charge is -2.09. The summed E-state index contributed by atoms with van der Waals surface area (Å²) in [6, 6.07) is 13.3. The zero-order valence-electron chi connectivity index (χ0n) is 9.71. The van der Waals surface area contributed by atoms with Crippen molar-refractivity contribution in [2.75, 3.05) is 5.32 Å². The first-order chi connectivity index (χ1) is 8.56. The molecule has 0 aromatic heterocycles. The zero-order valence-corrected chi connectivity index (χ0v) is 13.4. The number of benzene rings is 2. The van der Waals surface area contributed by atoms with Gasteiger partial charge < -0.3 is 5.32 Å². The molecule has 0 saturated heterocycles. The van der Waals surface area contributed by atoms with Crippen molar-refractivity contribution in [3.8, 4) is 0 Å². The molecular formula is C14H11BrINO. The third-order valence-corrected chi connectivity index (χ3v) is 3.77. The minimum atomic E-state index is -0.0902. The number of amides is 1. The molecule has 0 spiro atoms. The van der Waals surface area contributed by atoms with E-state index in [1.54, 1.807) is 0 Å². The summed E-state index contributed by atoms with van der Waals surface area (Å²) >= 11 is 5.61. The molecule has 0 aliphatic heterocycles. The van der Waals surface area contributed by atoms with Crippen LogP contribution in [-0.2, 0) is 0 Å². The summed E-state index contributed by atoms with van der Waals surface area (Å²) in [5.74, 6) is -0.0902. The van der Waals surface area contributed by atoms with Crippen molar-refractivity contribution >= 4 is 50.1 Å². The molecule has 0 bridgehead atoms. The van der Waals surface area contributed by atoms with Gasteiger partial charge in [-0.15, -0.1) is 0 Å². The highest BCUT2D eigenvalue weighted by atomic mass is 127. The highest BCUT2D eigenvalue weighted by molar-refractivity contribution is 14.1. The third kappa shape index (κ3) is 3.32. The van der Waals surface area contributed by atoms with Crippen LogP contribution in [0.25, 0.3) is 0 Å². The first-order valence-electron chi connectivity index (χ1n) is 5.39. The first-order valence-corrected chi connectivity index (χ1v) is 7.26. The van der Waals surface area contributed by atoms with Gasteiger partial charge in [0, 0.05) is 19.3 Å². The quantitative estimate of drug-likeness (QED) is 0.712. The Balaban J connectivity index is 2.21. The Morgan fingerprint density at radius 1 is 1.17 bits per heavy atom. The van der Waals surface area contributed by atoms with Crippen LogP contribution in [0.15, 0.2) is 46.9 Å². The van der Waals surface area contributed by atoms with Crippen molar-refractivity contribution < 1.29 is 4.79 Å². The van der Waals surface area contributed by atoms with E-state index in [1.807, 2.05) is 49.4 Å². The molecule has 1 N–H and O–H groups in total. The molecule has 18 heavy (non-hydrogen) atoms. The lowest BCUT2D eigenvalue weighted by molar-refractivity contribution is 0.102. The Morgan fingerprint density at radius 3 is 2.50 bits per heavy atom. The molecule has 0 saturated carbocycles. The molecule has 0 aliphatic rings. The van der Waals surface area contributed by atoms with Gasteiger partial charge in [0.2, 0.25) is 0 Å². The van der Waals surface area contributed by atoms with Gasteiger partial charge in [-0.3, -0.25) is 4.79 Å². The lowest BCUT2D eigenvalue weighted by Crippen LogP contribution is -2.12. The number of anilines is 1. The summed E-state index contributed by atoms with van der Waals surface area (Å²) < 4.78 is 2.06. The van der Waals surface area contributed by atoms with E-state index in [9.17, 15) is 4.79 Å². The Kier molecular flexibility index (Phi) is 4.40. The largest absolute Gasteiger partial charge is 0.322 e. The van der Waals surface area contributed by atoms with E-state index >= 15 is 0 Å². The number of carbonyl (C=O) groups is 1. The lowest BCUT2D eigenvalue weighted by atomic mass is 10.1. The maximum Gasteiger partial charge on any atom is 0.255 e. The number of nitrogens with one attached hydrogen (secondary N) is 1. The Bertz CT molecular complexity index is 581. The molecule has 4 heteroatoms. The fourth-order valence-electron chi connectivity index (χ4n) is 1.52. The average molecular weight is 416 g/mol. The molecule has 0 unspecified atom stereocenters.